The lowest BCUT2D eigenvalue weighted by atomic mass is 9.94. The third-order valence-electron chi connectivity index (χ3n) is 5.78. The minimum Gasteiger partial charge on any atom is -0.872 e. The number of hydrogen-bond donors (Lipinski definition) is 2. The van der Waals surface area contributed by atoms with E-state index in [9.17, 15) is 19.8 Å². The maximum Gasteiger partial charge on any atom is 0.295 e. The molecule has 1 aliphatic heterocycles. The Morgan fingerprint density at radius 3 is 2.45 bits per heavy atom. The molecule has 3 rings (SSSR count). The molecule has 1 fully saturated rings. The smallest absolute Gasteiger partial charge is 0.295 e. The molecule has 1 atom stereocenters. The fourth-order valence-electron chi connectivity index (χ4n) is 3.88. The summed E-state index contributed by atoms with van der Waals surface area (Å²) < 4.78 is 5.78. The van der Waals surface area contributed by atoms with Crippen molar-refractivity contribution in [2.24, 2.45) is 0 Å². The molecule has 33 heavy (non-hydrogen) atoms. The summed E-state index contributed by atoms with van der Waals surface area (Å²) >= 11 is 0. The van der Waals surface area contributed by atoms with Crippen molar-refractivity contribution in [2.75, 3.05) is 33.8 Å². The van der Waals surface area contributed by atoms with Gasteiger partial charge in [-0.3, -0.25) is 9.59 Å². The first-order chi connectivity index (χ1) is 15.7. The first-order valence-electron chi connectivity index (χ1n) is 11.3. The number of carbonyl (C=O) groups excluding carboxylic acids is 2. The second-order valence-electron chi connectivity index (χ2n) is 8.70. The Morgan fingerprint density at radius 1 is 1.15 bits per heavy atom. The second kappa shape index (κ2) is 10.5. The number of benzene rings is 2. The summed E-state index contributed by atoms with van der Waals surface area (Å²) in [6.45, 7) is 5.49. The van der Waals surface area contributed by atoms with Crippen LogP contribution in [0.15, 0.2) is 48.0 Å². The van der Waals surface area contributed by atoms with Crippen molar-refractivity contribution in [3.8, 4) is 11.5 Å². The van der Waals surface area contributed by atoms with Gasteiger partial charge >= 0.3 is 0 Å². The van der Waals surface area contributed by atoms with E-state index in [4.69, 9.17) is 4.74 Å². The number of nitrogens with zero attached hydrogens (tertiary/aromatic N) is 1. The minimum atomic E-state index is -0.793. The molecule has 0 aromatic heterocycles. The number of likely N-dealkylation sites (tertiary alicyclic amines) is 1. The van der Waals surface area contributed by atoms with Gasteiger partial charge in [-0.1, -0.05) is 37.3 Å². The van der Waals surface area contributed by atoms with Gasteiger partial charge in [-0.25, -0.2) is 0 Å². The Balaban J connectivity index is 2.04. The van der Waals surface area contributed by atoms with Gasteiger partial charge < -0.3 is 24.7 Å². The molecule has 2 aromatic carbocycles. The van der Waals surface area contributed by atoms with Crippen LogP contribution in [0, 0.1) is 6.92 Å². The lowest BCUT2D eigenvalue weighted by Gasteiger charge is -2.28. The van der Waals surface area contributed by atoms with Gasteiger partial charge in [0.25, 0.3) is 5.91 Å². The number of hydrogen-bond acceptors (Lipinski definition) is 5. The average Bonchev–Trinajstić information content (AvgIpc) is 3.03. The Morgan fingerprint density at radius 2 is 1.85 bits per heavy atom. The molecule has 176 valence electrons. The van der Waals surface area contributed by atoms with Gasteiger partial charge in [0.1, 0.15) is 11.5 Å². The Labute approximate surface area is 194 Å². The molecule has 1 amide bonds. The topological polar surface area (TPSA) is 94.3 Å². The quantitative estimate of drug-likeness (QED) is 0.259. The molecular formula is C26H32N2O5. The number of likely N-dealkylation sites (N-methyl/N-ethyl adjacent to an activating group) is 1. The highest BCUT2D eigenvalue weighted by Gasteiger charge is 2.44. The number of aryl methyl sites for hydroxylation is 1. The highest BCUT2D eigenvalue weighted by Crippen LogP contribution is 2.39. The van der Waals surface area contributed by atoms with Gasteiger partial charge in [0, 0.05) is 5.57 Å². The highest BCUT2D eigenvalue weighted by molar-refractivity contribution is 6.46. The van der Waals surface area contributed by atoms with E-state index in [0.717, 1.165) is 23.3 Å². The molecule has 2 aromatic rings. The van der Waals surface area contributed by atoms with Crippen LogP contribution in [-0.4, -0.2) is 55.5 Å². The maximum atomic E-state index is 13.5. The first-order valence-corrected chi connectivity index (χ1v) is 11.3. The molecule has 7 heteroatoms. The Bertz CT molecular complexity index is 1040. The van der Waals surface area contributed by atoms with Gasteiger partial charge in [-0.05, 0) is 54.3 Å². The standard InChI is InChI=1S/C26H32N2O5/c1-5-6-15-33-21-12-9-19(16-17(21)2)24(30)22-23(18-7-10-20(29)11-8-18)28(14-13-27(3)4)26(32)25(22)31/h7-12,16,23,29-30H,5-6,13-15H2,1-4H3/b24-22+. The predicted molar refractivity (Wildman–Crippen MR) is 124 cm³/mol. The third kappa shape index (κ3) is 5.37. The maximum absolute atomic E-state index is 13.5. The SMILES string of the molecule is CCCCOc1ccc(/C([O-])=C2\C(=O)C(=O)N(CC[NH+](C)C)C2c2ccc(O)cc2)cc1C. The van der Waals surface area contributed by atoms with Crippen molar-refractivity contribution in [1.82, 2.24) is 4.90 Å². The predicted octanol–water partition coefficient (Wildman–Crippen LogP) is 1.25. The van der Waals surface area contributed by atoms with E-state index >= 15 is 0 Å². The molecule has 0 radical (unpaired) electrons. The molecule has 1 unspecified atom stereocenters. The van der Waals surface area contributed by atoms with Gasteiger partial charge in [-0.2, -0.15) is 0 Å². The summed E-state index contributed by atoms with van der Waals surface area (Å²) in [4.78, 5) is 28.5. The molecule has 1 aliphatic rings. The van der Waals surface area contributed by atoms with Crippen LogP contribution in [-0.2, 0) is 9.59 Å². The van der Waals surface area contributed by atoms with Crippen molar-refractivity contribution in [3.05, 3.63) is 64.7 Å². The molecular weight excluding hydrogens is 420 g/mol. The number of ketones is 1. The van der Waals surface area contributed by atoms with Crippen LogP contribution in [0.3, 0.4) is 0 Å². The summed E-state index contributed by atoms with van der Waals surface area (Å²) in [5, 5.41) is 23.2. The summed E-state index contributed by atoms with van der Waals surface area (Å²) in [6, 6.07) is 10.6. The molecule has 0 spiro atoms. The van der Waals surface area contributed by atoms with E-state index < -0.39 is 23.5 Å². The molecule has 0 saturated carbocycles. The van der Waals surface area contributed by atoms with Crippen molar-refractivity contribution in [1.29, 1.82) is 0 Å². The molecule has 1 saturated heterocycles. The lowest BCUT2D eigenvalue weighted by Crippen LogP contribution is -3.06. The zero-order chi connectivity index (χ0) is 24.1. The van der Waals surface area contributed by atoms with Gasteiger partial charge in [-0.15, -0.1) is 0 Å². The van der Waals surface area contributed by atoms with E-state index in [1.54, 1.807) is 30.3 Å². The van der Waals surface area contributed by atoms with Crippen LogP contribution >= 0.6 is 0 Å². The van der Waals surface area contributed by atoms with Crippen molar-refractivity contribution in [3.63, 3.8) is 0 Å². The lowest BCUT2D eigenvalue weighted by molar-refractivity contribution is -0.857. The second-order valence-corrected chi connectivity index (χ2v) is 8.70. The van der Waals surface area contributed by atoms with E-state index in [-0.39, 0.29) is 11.3 Å². The average molecular weight is 453 g/mol. The van der Waals surface area contributed by atoms with Crippen LogP contribution in [0.2, 0.25) is 0 Å². The largest absolute Gasteiger partial charge is 0.872 e. The molecule has 1 heterocycles. The normalized spacial score (nSPS) is 17.7. The Hall–Kier alpha value is -3.32. The highest BCUT2D eigenvalue weighted by atomic mass is 16.5. The van der Waals surface area contributed by atoms with Crippen molar-refractivity contribution >= 4 is 17.4 Å². The number of nitrogens with one attached hydrogen (secondary N) is 1. The van der Waals surface area contributed by atoms with Crippen LogP contribution in [0.25, 0.3) is 5.76 Å². The van der Waals surface area contributed by atoms with Crippen molar-refractivity contribution in [2.45, 2.75) is 32.7 Å². The number of Topliss-reactive ketones (excluding diaryl/α,β-unsaturated/α-hetero) is 1. The number of aromatic hydroxyl groups is 1. The summed E-state index contributed by atoms with van der Waals surface area (Å²) in [6.07, 6.45) is 1.96. The van der Waals surface area contributed by atoms with Crippen LogP contribution in [0.5, 0.6) is 11.5 Å². The van der Waals surface area contributed by atoms with E-state index in [1.807, 2.05) is 21.0 Å². The van der Waals surface area contributed by atoms with Crippen molar-refractivity contribution < 1.29 is 29.4 Å². The number of carbonyl (C=O) groups is 2. The fourth-order valence-corrected chi connectivity index (χ4v) is 3.88. The summed E-state index contributed by atoms with van der Waals surface area (Å²) in [5.41, 5.74) is 1.69. The van der Waals surface area contributed by atoms with E-state index in [2.05, 4.69) is 6.92 Å². The summed E-state index contributed by atoms with van der Waals surface area (Å²) in [7, 11) is 3.92. The molecule has 0 aliphatic carbocycles. The molecule has 0 bridgehead atoms. The summed E-state index contributed by atoms with van der Waals surface area (Å²) in [5.74, 6) is -1.14. The number of phenolic OH excluding ortho intramolecular Hbond substituents is 1. The van der Waals surface area contributed by atoms with Gasteiger partial charge in [0.05, 0.1) is 39.8 Å². The van der Waals surface area contributed by atoms with Crippen LogP contribution in [0.4, 0.5) is 0 Å². The zero-order valence-electron chi connectivity index (χ0n) is 19.7. The van der Waals surface area contributed by atoms with E-state index in [0.29, 0.717) is 36.6 Å². The van der Waals surface area contributed by atoms with E-state index in [1.165, 1.54) is 17.0 Å². The number of ether oxygens (including phenoxy) is 1. The first kappa shape index (κ1) is 24.3. The monoisotopic (exact) mass is 452 g/mol. The van der Waals surface area contributed by atoms with Gasteiger partial charge in [0.15, 0.2) is 0 Å². The number of unbranched alkanes of at least 4 members (excludes halogenated alkanes) is 1. The molecule has 2 N–H and O–H groups in total. The minimum absolute atomic E-state index is 0.0569. The van der Waals surface area contributed by atoms with Gasteiger partial charge in [0.2, 0.25) is 5.78 Å². The number of rotatable bonds is 9. The number of quaternary nitrogens is 1. The third-order valence-corrected chi connectivity index (χ3v) is 5.78. The number of amides is 1. The fraction of sp³-hybridized carbons (Fsp3) is 0.385. The van der Waals surface area contributed by atoms with Crippen LogP contribution in [0.1, 0.15) is 42.5 Å². The zero-order valence-corrected chi connectivity index (χ0v) is 19.7. The Kier molecular flexibility index (Phi) is 7.76. The molecule has 7 nitrogen and oxygen atoms in total. The number of phenols is 1. The van der Waals surface area contributed by atoms with Crippen LogP contribution < -0.4 is 14.7 Å².